The van der Waals surface area contributed by atoms with Gasteiger partial charge in [-0.1, -0.05) is 13.2 Å². The molecule has 47 heavy (non-hydrogen) atoms. The van der Waals surface area contributed by atoms with E-state index >= 15 is 0 Å². The van der Waals surface area contributed by atoms with Gasteiger partial charge in [0.25, 0.3) is 17.7 Å². The summed E-state index contributed by atoms with van der Waals surface area (Å²) in [6, 6.07) is 4.06. The van der Waals surface area contributed by atoms with Gasteiger partial charge in [-0.15, -0.1) is 0 Å². The predicted molar refractivity (Wildman–Crippen MR) is 174 cm³/mol. The number of imide groups is 2. The van der Waals surface area contributed by atoms with Crippen LogP contribution in [0.4, 0.5) is 5.69 Å². The third-order valence-corrected chi connectivity index (χ3v) is 10.8. The zero-order valence-corrected chi connectivity index (χ0v) is 27.4. The van der Waals surface area contributed by atoms with Crippen LogP contribution in [-0.2, 0) is 24.4 Å². The van der Waals surface area contributed by atoms with Gasteiger partial charge >= 0.3 is 0 Å². The van der Waals surface area contributed by atoms with Gasteiger partial charge in [0.05, 0.1) is 22.9 Å². The molecule has 2 atom stereocenters. The lowest BCUT2D eigenvalue weighted by atomic mass is 10.0. The third kappa shape index (κ3) is 7.20. The van der Waals surface area contributed by atoms with Crippen LogP contribution in [0.1, 0.15) is 40.5 Å². The predicted octanol–water partition coefficient (Wildman–Crippen LogP) is -0.612. The van der Waals surface area contributed by atoms with Crippen molar-refractivity contribution in [3.8, 4) is 0 Å². The summed E-state index contributed by atoms with van der Waals surface area (Å²) in [6.07, 6.45) is 2.64. The van der Waals surface area contributed by atoms with E-state index in [4.69, 9.17) is 0 Å². The topological polar surface area (TPSA) is 172 Å². The Balaban J connectivity index is 1.05. The van der Waals surface area contributed by atoms with E-state index < -0.39 is 44.9 Å². The van der Waals surface area contributed by atoms with Crippen LogP contribution < -0.4 is 14.9 Å². The van der Waals surface area contributed by atoms with Gasteiger partial charge in [0, 0.05) is 77.7 Å². The number of likely N-dealkylation sites (tertiary alicyclic amines) is 1. The monoisotopic (exact) mass is 668 g/mol. The molecule has 1 aromatic carbocycles. The lowest BCUT2D eigenvalue weighted by Crippen LogP contribution is -2.60. The SMILES string of the molecule is C=CN(C)C(=O)C(=C)/C=N\C(C)N1CC(S(=O)(=O)NCCN2CCN(c3ccc4c(c3)C(=O)N(C3CCC(=O)NC3=O)C4=O)CC2)C1. The minimum absolute atomic E-state index is 0.0618. The van der Waals surface area contributed by atoms with Crippen molar-refractivity contribution < 1.29 is 32.4 Å². The Morgan fingerprint density at radius 1 is 1.13 bits per heavy atom. The number of hydrogen-bond acceptors (Lipinski definition) is 11. The number of anilines is 1. The molecule has 0 saturated carbocycles. The Hall–Kier alpha value is -4.25. The van der Waals surface area contributed by atoms with E-state index in [9.17, 15) is 32.4 Å². The van der Waals surface area contributed by atoms with Gasteiger partial charge < -0.3 is 9.80 Å². The fourth-order valence-electron chi connectivity index (χ4n) is 5.98. The van der Waals surface area contributed by atoms with Crippen molar-refractivity contribution >= 4 is 51.5 Å². The van der Waals surface area contributed by atoms with Gasteiger partial charge in [0.15, 0.2) is 0 Å². The first-order chi connectivity index (χ1) is 22.3. The molecule has 2 N–H and O–H groups in total. The van der Waals surface area contributed by atoms with Crippen LogP contribution in [0.25, 0.3) is 0 Å². The molecule has 4 heterocycles. The number of hydrogen-bond donors (Lipinski definition) is 2. The second-order valence-corrected chi connectivity index (χ2v) is 14.1. The first-order valence-corrected chi connectivity index (χ1v) is 17.0. The number of likely N-dealkylation sites (N-methyl/N-ethyl adjacent to an activating group) is 1. The van der Waals surface area contributed by atoms with Crippen molar-refractivity contribution in [1.82, 2.24) is 29.6 Å². The molecule has 0 aliphatic carbocycles. The van der Waals surface area contributed by atoms with Crippen LogP contribution in [0.2, 0.25) is 0 Å². The zero-order valence-electron chi connectivity index (χ0n) is 26.6. The average Bonchev–Trinajstić information content (AvgIpc) is 3.26. The highest BCUT2D eigenvalue weighted by Gasteiger charge is 2.45. The maximum absolute atomic E-state index is 13.2. The molecule has 0 radical (unpaired) electrons. The summed E-state index contributed by atoms with van der Waals surface area (Å²) >= 11 is 0. The Kier molecular flexibility index (Phi) is 10.0. The molecule has 16 heteroatoms. The molecule has 5 rings (SSSR count). The smallest absolute Gasteiger partial charge is 0.262 e. The van der Waals surface area contributed by atoms with Crippen LogP contribution in [-0.4, -0.2) is 141 Å². The van der Waals surface area contributed by atoms with E-state index in [1.165, 1.54) is 17.3 Å². The molecule has 3 fully saturated rings. The number of nitrogens with zero attached hydrogens (tertiary/aromatic N) is 6. The number of benzene rings is 1. The fraction of sp³-hybridized carbons (Fsp3) is 0.484. The molecule has 3 saturated heterocycles. The second-order valence-electron chi connectivity index (χ2n) is 12.1. The van der Waals surface area contributed by atoms with Crippen LogP contribution in [0.5, 0.6) is 0 Å². The van der Waals surface area contributed by atoms with Crippen LogP contribution >= 0.6 is 0 Å². The summed E-state index contributed by atoms with van der Waals surface area (Å²) in [6.45, 7) is 13.2. The Morgan fingerprint density at radius 3 is 2.47 bits per heavy atom. The largest absolute Gasteiger partial charge is 0.369 e. The molecule has 2 unspecified atom stereocenters. The fourth-order valence-corrected chi connectivity index (χ4v) is 7.36. The number of carbonyl (C=O) groups is 5. The van der Waals surface area contributed by atoms with Crippen LogP contribution in [0, 0.1) is 0 Å². The van der Waals surface area contributed by atoms with E-state index in [-0.39, 0.29) is 48.2 Å². The summed E-state index contributed by atoms with van der Waals surface area (Å²) in [5.41, 5.74) is 1.47. The van der Waals surface area contributed by atoms with Crippen molar-refractivity contribution in [2.24, 2.45) is 4.99 Å². The molecular formula is C31H40N8O7S. The normalized spacial score (nSPS) is 21.9. The number of nitrogens with one attached hydrogen (secondary N) is 2. The van der Waals surface area contributed by atoms with E-state index in [1.807, 2.05) is 11.8 Å². The van der Waals surface area contributed by atoms with E-state index in [2.05, 4.69) is 38.0 Å². The molecule has 4 aliphatic heterocycles. The first-order valence-electron chi connectivity index (χ1n) is 15.5. The van der Waals surface area contributed by atoms with E-state index in [0.717, 1.165) is 10.6 Å². The van der Waals surface area contributed by atoms with Crippen LogP contribution in [0.3, 0.4) is 0 Å². The minimum atomic E-state index is -3.51. The number of piperidine rings is 1. The number of amides is 5. The van der Waals surface area contributed by atoms with Crippen molar-refractivity contribution in [1.29, 1.82) is 0 Å². The first kappa shape index (κ1) is 34.1. The Labute approximate surface area is 274 Å². The lowest BCUT2D eigenvalue weighted by Gasteiger charge is -2.41. The lowest BCUT2D eigenvalue weighted by molar-refractivity contribution is -0.136. The van der Waals surface area contributed by atoms with Crippen molar-refractivity contribution in [2.45, 2.75) is 37.2 Å². The maximum Gasteiger partial charge on any atom is 0.262 e. The van der Waals surface area contributed by atoms with Gasteiger partial charge in [-0.3, -0.25) is 49.0 Å². The molecule has 0 bridgehead atoms. The number of piperazine rings is 1. The quantitative estimate of drug-likeness (QED) is 0.166. The van der Waals surface area contributed by atoms with E-state index in [1.54, 1.807) is 25.2 Å². The Morgan fingerprint density at radius 2 is 1.81 bits per heavy atom. The molecule has 0 aromatic heterocycles. The highest BCUT2D eigenvalue weighted by Crippen LogP contribution is 2.31. The van der Waals surface area contributed by atoms with E-state index in [0.29, 0.717) is 45.8 Å². The number of carbonyl (C=O) groups excluding carboxylic acids is 5. The summed E-state index contributed by atoms with van der Waals surface area (Å²) < 4.78 is 28.4. The van der Waals surface area contributed by atoms with Gasteiger partial charge in [-0.25, -0.2) is 13.1 Å². The second kappa shape index (κ2) is 13.9. The summed E-state index contributed by atoms with van der Waals surface area (Å²) in [5, 5.41) is 1.65. The highest BCUT2D eigenvalue weighted by molar-refractivity contribution is 7.90. The van der Waals surface area contributed by atoms with Crippen molar-refractivity contribution in [3.63, 3.8) is 0 Å². The molecule has 5 amide bonds. The van der Waals surface area contributed by atoms with Crippen molar-refractivity contribution in [2.75, 3.05) is 64.3 Å². The molecule has 1 aromatic rings. The number of sulfonamides is 1. The standard InChI is InChI=1S/C31H40N8O7S/c1-5-35(4)29(42)20(2)17-32-21(3)38-18-23(19-38)47(45,46)33-10-11-36-12-14-37(15-13-36)22-6-7-24-25(16-22)31(44)39(30(24)43)26-8-9-27(40)34-28(26)41/h5-7,16-17,21,23,26,33H,1-2,8-15,18-19H2,3-4H3,(H,34,40,41)/b32-17-. The van der Waals surface area contributed by atoms with Crippen LogP contribution in [0.15, 0.2) is 48.1 Å². The van der Waals surface area contributed by atoms with Gasteiger partial charge in [-0.2, -0.15) is 0 Å². The summed E-state index contributed by atoms with van der Waals surface area (Å²) in [4.78, 5) is 74.9. The number of rotatable bonds is 12. The average molecular weight is 669 g/mol. The molecule has 15 nitrogen and oxygen atoms in total. The highest BCUT2D eigenvalue weighted by atomic mass is 32.2. The summed E-state index contributed by atoms with van der Waals surface area (Å²) in [7, 11) is -1.94. The van der Waals surface area contributed by atoms with Crippen molar-refractivity contribution in [3.05, 3.63) is 54.3 Å². The molecular weight excluding hydrogens is 628 g/mol. The van der Waals surface area contributed by atoms with Gasteiger partial charge in [-0.05, 0) is 37.7 Å². The third-order valence-electron chi connectivity index (χ3n) is 9.05. The van der Waals surface area contributed by atoms with Gasteiger partial charge in [0.2, 0.25) is 21.8 Å². The molecule has 0 spiro atoms. The molecule has 252 valence electrons. The zero-order chi connectivity index (χ0) is 34.0. The van der Waals surface area contributed by atoms with Gasteiger partial charge in [0.1, 0.15) is 11.3 Å². The summed E-state index contributed by atoms with van der Waals surface area (Å²) in [5.74, 6) is -2.46. The Bertz CT molecular complexity index is 1630. The number of aliphatic imine (C=N–C) groups is 1. The maximum atomic E-state index is 13.2. The number of fused-ring (bicyclic) bond motifs is 1. The molecule has 4 aliphatic rings. The minimum Gasteiger partial charge on any atom is -0.369 e.